The number of nitrogens with zero attached hydrogens (tertiary/aromatic N) is 1. The molecule has 2 aromatic carbocycles. The van der Waals surface area contributed by atoms with E-state index in [0.29, 0.717) is 0 Å². The molecule has 1 aliphatic carbocycles. The van der Waals surface area contributed by atoms with Gasteiger partial charge < -0.3 is 0 Å². The van der Waals surface area contributed by atoms with Gasteiger partial charge in [-0.25, -0.2) is 0 Å². The molecule has 0 radical (unpaired) electrons. The fourth-order valence-electron chi connectivity index (χ4n) is 3.21. The fourth-order valence-corrected chi connectivity index (χ4v) is 3.21. The highest BCUT2D eigenvalue weighted by atomic mass is 14.8. The second-order valence-corrected chi connectivity index (χ2v) is 5.33. The minimum atomic E-state index is 0.0558. The predicted octanol–water partition coefficient (Wildman–Crippen LogP) is 4.08. The van der Waals surface area contributed by atoms with Gasteiger partial charge in [0, 0.05) is 11.0 Å². The summed E-state index contributed by atoms with van der Waals surface area (Å²) in [6.45, 7) is 4.55. The summed E-state index contributed by atoms with van der Waals surface area (Å²) in [6, 6.07) is 15.1. The van der Waals surface area contributed by atoms with Crippen molar-refractivity contribution in [2.75, 3.05) is 0 Å². The van der Waals surface area contributed by atoms with Crippen LogP contribution < -0.4 is 0 Å². The van der Waals surface area contributed by atoms with E-state index in [1.165, 1.54) is 28.0 Å². The zero-order valence-electron chi connectivity index (χ0n) is 9.99. The standard InChI is InChI=1S/C16H13N/c1-16(2)14-11-8-5-9-13(14)17-15(16)12-7-4-3-6-10(11)12/h3-9H,1-2H3. The van der Waals surface area contributed by atoms with Crippen LogP contribution in [0, 0.1) is 0 Å². The first-order valence-electron chi connectivity index (χ1n) is 6.02. The van der Waals surface area contributed by atoms with Crippen molar-refractivity contribution < 1.29 is 0 Å². The van der Waals surface area contributed by atoms with Crippen molar-refractivity contribution in [2.24, 2.45) is 4.99 Å². The molecule has 2 aliphatic rings. The van der Waals surface area contributed by atoms with Gasteiger partial charge in [-0.1, -0.05) is 50.2 Å². The number of aliphatic imine (C=N–C) groups is 1. The van der Waals surface area contributed by atoms with Gasteiger partial charge in [0.2, 0.25) is 0 Å². The van der Waals surface area contributed by atoms with Gasteiger partial charge in [0.15, 0.2) is 0 Å². The van der Waals surface area contributed by atoms with E-state index >= 15 is 0 Å². The smallest absolute Gasteiger partial charge is 0.0681 e. The first-order valence-corrected chi connectivity index (χ1v) is 6.02. The summed E-state index contributed by atoms with van der Waals surface area (Å²) >= 11 is 0. The van der Waals surface area contributed by atoms with Gasteiger partial charge in [0.25, 0.3) is 0 Å². The van der Waals surface area contributed by atoms with Gasteiger partial charge in [-0.15, -0.1) is 0 Å². The Morgan fingerprint density at radius 1 is 0.824 bits per heavy atom. The topological polar surface area (TPSA) is 12.4 Å². The molecule has 17 heavy (non-hydrogen) atoms. The zero-order valence-corrected chi connectivity index (χ0v) is 9.99. The molecule has 0 saturated carbocycles. The number of hydrogen-bond donors (Lipinski definition) is 0. The van der Waals surface area contributed by atoms with Crippen molar-refractivity contribution in [3.63, 3.8) is 0 Å². The number of hydrogen-bond acceptors (Lipinski definition) is 1. The summed E-state index contributed by atoms with van der Waals surface area (Å²) in [6.07, 6.45) is 0. The lowest BCUT2D eigenvalue weighted by molar-refractivity contribution is 0.734. The molecule has 0 spiro atoms. The van der Waals surface area contributed by atoms with Crippen LogP contribution in [-0.4, -0.2) is 5.71 Å². The summed E-state index contributed by atoms with van der Waals surface area (Å²) in [4.78, 5) is 4.83. The molecule has 0 atom stereocenters. The molecular weight excluding hydrogens is 206 g/mol. The number of rotatable bonds is 0. The van der Waals surface area contributed by atoms with Crippen molar-refractivity contribution in [3.05, 3.63) is 53.6 Å². The Bertz CT molecular complexity index is 678. The van der Waals surface area contributed by atoms with Crippen LogP contribution in [0.25, 0.3) is 11.1 Å². The first kappa shape index (κ1) is 9.17. The lowest BCUT2D eigenvalue weighted by atomic mass is 9.70. The molecule has 1 heteroatoms. The van der Waals surface area contributed by atoms with Crippen LogP contribution in [0.2, 0.25) is 0 Å². The highest BCUT2D eigenvalue weighted by molar-refractivity contribution is 6.20. The monoisotopic (exact) mass is 219 g/mol. The maximum absolute atomic E-state index is 4.83. The van der Waals surface area contributed by atoms with Crippen LogP contribution in [0.3, 0.4) is 0 Å². The minimum Gasteiger partial charge on any atom is -0.252 e. The zero-order chi connectivity index (χ0) is 11.6. The number of benzene rings is 2. The average Bonchev–Trinajstić information content (AvgIpc) is 2.56. The lowest BCUT2D eigenvalue weighted by Gasteiger charge is -2.31. The van der Waals surface area contributed by atoms with Crippen LogP contribution in [0.5, 0.6) is 0 Å². The van der Waals surface area contributed by atoms with Crippen LogP contribution >= 0.6 is 0 Å². The van der Waals surface area contributed by atoms with Gasteiger partial charge in [0.05, 0.1) is 11.4 Å². The van der Waals surface area contributed by atoms with Crippen LogP contribution in [0.4, 0.5) is 5.69 Å². The van der Waals surface area contributed by atoms with Gasteiger partial charge in [-0.05, 0) is 22.8 Å². The van der Waals surface area contributed by atoms with Crippen molar-refractivity contribution in [1.82, 2.24) is 0 Å². The summed E-state index contributed by atoms with van der Waals surface area (Å²) in [7, 11) is 0. The van der Waals surface area contributed by atoms with E-state index < -0.39 is 0 Å². The van der Waals surface area contributed by atoms with Crippen LogP contribution in [-0.2, 0) is 5.41 Å². The van der Waals surface area contributed by atoms with Gasteiger partial charge >= 0.3 is 0 Å². The van der Waals surface area contributed by atoms with Crippen LogP contribution in [0.1, 0.15) is 25.0 Å². The summed E-state index contributed by atoms with van der Waals surface area (Å²) in [5, 5.41) is 0. The van der Waals surface area contributed by atoms with Gasteiger partial charge in [-0.2, -0.15) is 0 Å². The van der Waals surface area contributed by atoms with Crippen molar-refractivity contribution in [3.8, 4) is 11.1 Å². The van der Waals surface area contributed by atoms with E-state index in [2.05, 4.69) is 56.3 Å². The molecule has 1 heterocycles. The maximum Gasteiger partial charge on any atom is 0.0681 e. The number of fused-ring (bicyclic) bond motifs is 4. The molecule has 0 aromatic heterocycles. The van der Waals surface area contributed by atoms with Crippen molar-refractivity contribution in [1.29, 1.82) is 0 Å². The van der Waals surface area contributed by atoms with E-state index in [1.54, 1.807) is 0 Å². The predicted molar refractivity (Wildman–Crippen MR) is 71.1 cm³/mol. The Morgan fingerprint density at radius 3 is 2.35 bits per heavy atom. The SMILES string of the molecule is CC1(C)C2=Nc3cccc(c31)-c1ccccc12. The third-order valence-electron chi connectivity index (χ3n) is 3.96. The Morgan fingerprint density at radius 2 is 1.53 bits per heavy atom. The molecule has 2 aromatic rings. The molecule has 1 aliphatic heterocycles. The first-order chi connectivity index (χ1) is 8.19. The quantitative estimate of drug-likeness (QED) is 0.633. The minimum absolute atomic E-state index is 0.0558. The Kier molecular flexibility index (Phi) is 1.44. The average molecular weight is 219 g/mol. The molecule has 0 unspecified atom stereocenters. The van der Waals surface area contributed by atoms with E-state index in [4.69, 9.17) is 4.99 Å². The van der Waals surface area contributed by atoms with Crippen LogP contribution in [0.15, 0.2) is 47.5 Å². The molecule has 0 saturated heterocycles. The van der Waals surface area contributed by atoms with E-state index in [-0.39, 0.29) is 5.41 Å². The van der Waals surface area contributed by atoms with Crippen molar-refractivity contribution >= 4 is 11.4 Å². The highest BCUT2D eigenvalue weighted by Gasteiger charge is 2.42. The second-order valence-electron chi connectivity index (χ2n) is 5.33. The Hall–Kier alpha value is -1.89. The molecule has 82 valence electrons. The maximum atomic E-state index is 4.83. The third-order valence-corrected chi connectivity index (χ3v) is 3.96. The summed E-state index contributed by atoms with van der Waals surface area (Å²) in [5.41, 5.74) is 7.81. The molecule has 2 bridgehead atoms. The molecular formula is C16H13N. The molecule has 0 N–H and O–H groups in total. The largest absolute Gasteiger partial charge is 0.252 e. The van der Waals surface area contributed by atoms with E-state index in [0.717, 1.165) is 5.69 Å². The molecule has 0 fully saturated rings. The molecule has 4 rings (SSSR count). The van der Waals surface area contributed by atoms with E-state index in [9.17, 15) is 0 Å². The van der Waals surface area contributed by atoms with Crippen molar-refractivity contribution in [2.45, 2.75) is 19.3 Å². The normalized spacial score (nSPS) is 17.6. The highest BCUT2D eigenvalue weighted by Crippen LogP contribution is 2.51. The lowest BCUT2D eigenvalue weighted by Crippen LogP contribution is -2.30. The molecule has 1 nitrogen and oxygen atoms in total. The Labute approximate surface area is 101 Å². The fraction of sp³-hybridized carbons (Fsp3) is 0.188. The van der Waals surface area contributed by atoms with Gasteiger partial charge in [0.1, 0.15) is 0 Å². The van der Waals surface area contributed by atoms with E-state index in [1.807, 2.05) is 0 Å². The molecule has 0 amide bonds. The summed E-state index contributed by atoms with van der Waals surface area (Å²) < 4.78 is 0. The van der Waals surface area contributed by atoms with Gasteiger partial charge in [-0.3, -0.25) is 4.99 Å². The third kappa shape index (κ3) is 0.932. The second kappa shape index (κ2) is 2.67. The summed E-state index contributed by atoms with van der Waals surface area (Å²) in [5.74, 6) is 0. The Balaban J connectivity index is 2.24.